The van der Waals surface area contributed by atoms with E-state index in [-0.39, 0.29) is 18.5 Å². The minimum absolute atomic E-state index is 0.0403. The first-order chi connectivity index (χ1) is 12.0. The average molecular weight is 346 g/mol. The van der Waals surface area contributed by atoms with Gasteiger partial charge < -0.3 is 20.9 Å². The second kappa shape index (κ2) is 9.91. The molecule has 6 heteroatoms. The zero-order valence-electron chi connectivity index (χ0n) is 15.3. The summed E-state index contributed by atoms with van der Waals surface area (Å²) in [7, 11) is 0. The lowest BCUT2D eigenvalue weighted by Crippen LogP contribution is -2.40. The molecule has 1 aromatic rings. The zero-order chi connectivity index (χ0) is 18.1. The summed E-state index contributed by atoms with van der Waals surface area (Å²) in [6, 6.07) is 7.57. The van der Waals surface area contributed by atoms with Crippen LogP contribution in [0, 0.1) is 5.92 Å². The highest BCUT2D eigenvalue weighted by Gasteiger charge is 2.11. The van der Waals surface area contributed by atoms with Gasteiger partial charge in [-0.3, -0.25) is 4.79 Å². The number of nitrogens with zero attached hydrogens (tertiary/aromatic N) is 1. The van der Waals surface area contributed by atoms with Crippen molar-refractivity contribution in [3.8, 4) is 0 Å². The number of anilines is 2. The van der Waals surface area contributed by atoms with Crippen molar-refractivity contribution in [2.75, 3.05) is 36.4 Å². The monoisotopic (exact) mass is 346 g/mol. The van der Waals surface area contributed by atoms with Gasteiger partial charge in [-0.2, -0.15) is 0 Å². The Balaban J connectivity index is 1.70. The van der Waals surface area contributed by atoms with E-state index in [2.05, 4.69) is 34.7 Å². The Bertz CT molecular complexity index is 551. The second-order valence-corrected chi connectivity index (χ2v) is 6.93. The minimum Gasteiger partial charge on any atom is -0.372 e. The van der Waals surface area contributed by atoms with Crippen LogP contribution in [0.4, 0.5) is 16.2 Å². The smallest absolute Gasteiger partial charge is 0.315 e. The number of hydrogen-bond donors (Lipinski definition) is 3. The van der Waals surface area contributed by atoms with Crippen LogP contribution in [-0.4, -0.2) is 38.1 Å². The van der Waals surface area contributed by atoms with Crippen LogP contribution in [0.5, 0.6) is 0 Å². The number of carbonyl (C=O) groups excluding carboxylic acids is 2. The molecule has 1 aromatic carbocycles. The number of benzene rings is 1. The largest absolute Gasteiger partial charge is 0.372 e. The summed E-state index contributed by atoms with van der Waals surface area (Å²) >= 11 is 0. The third kappa shape index (κ3) is 7.03. The molecule has 1 saturated heterocycles. The summed E-state index contributed by atoms with van der Waals surface area (Å²) in [5, 5.41) is 8.11. The van der Waals surface area contributed by atoms with E-state index < -0.39 is 0 Å². The molecule has 0 saturated carbocycles. The summed E-state index contributed by atoms with van der Waals surface area (Å²) in [6.07, 6.45) is 4.71. The molecule has 25 heavy (non-hydrogen) atoms. The molecule has 0 unspecified atom stereocenters. The lowest BCUT2D eigenvalue weighted by Gasteiger charge is -2.28. The van der Waals surface area contributed by atoms with Crippen LogP contribution in [0.3, 0.4) is 0 Å². The molecule has 3 N–H and O–H groups in total. The van der Waals surface area contributed by atoms with Crippen molar-refractivity contribution in [1.82, 2.24) is 10.6 Å². The molecule has 1 fully saturated rings. The molecule has 0 bridgehead atoms. The van der Waals surface area contributed by atoms with Crippen LogP contribution in [0.1, 0.15) is 39.5 Å². The van der Waals surface area contributed by atoms with Crippen LogP contribution in [0.25, 0.3) is 0 Å². The topological polar surface area (TPSA) is 73.5 Å². The number of amides is 3. The molecule has 1 aliphatic heterocycles. The lowest BCUT2D eigenvalue weighted by molar-refractivity contribution is -0.115. The fourth-order valence-corrected chi connectivity index (χ4v) is 2.81. The van der Waals surface area contributed by atoms with Gasteiger partial charge in [0.05, 0.1) is 6.54 Å². The maximum atomic E-state index is 11.9. The van der Waals surface area contributed by atoms with Crippen molar-refractivity contribution >= 4 is 23.3 Å². The summed E-state index contributed by atoms with van der Waals surface area (Å²) in [5.74, 6) is 0.307. The van der Waals surface area contributed by atoms with Gasteiger partial charge in [-0.25, -0.2) is 4.79 Å². The number of carbonyl (C=O) groups is 2. The maximum Gasteiger partial charge on any atom is 0.315 e. The Morgan fingerprint density at radius 3 is 2.36 bits per heavy atom. The number of rotatable bonds is 7. The van der Waals surface area contributed by atoms with E-state index >= 15 is 0 Å². The molecular formula is C19H30N4O2. The highest BCUT2D eigenvalue weighted by molar-refractivity contribution is 5.94. The van der Waals surface area contributed by atoms with Gasteiger partial charge >= 0.3 is 6.03 Å². The van der Waals surface area contributed by atoms with E-state index in [1.807, 2.05) is 24.3 Å². The van der Waals surface area contributed by atoms with Crippen molar-refractivity contribution in [1.29, 1.82) is 0 Å². The summed E-state index contributed by atoms with van der Waals surface area (Å²) in [6.45, 7) is 6.97. The van der Waals surface area contributed by atoms with Gasteiger partial charge in [-0.05, 0) is 55.9 Å². The molecule has 2 rings (SSSR count). The number of piperidine rings is 1. The Morgan fingerprint density at radius 2 is 1.72 bits per heavy atom. The highest BCUT2D eigenvalue weighted by Crippen LogP contribution is 2.21. The Kier molecular flexibility index (Phi) is 7.57. The molecule has 138 valence electrons. The Morgan fingerprint density at radius 1 is 1.04 bits per heavy atom. The van der Waals surface area contributed by atoms with E-state index in [9.17, 15) is 9.59 Å². The van der Waals surface area contributed by atoms with E-state index in [4.69, 9.17) is 0 Å². The molecule has 0 atom stereocenters. The maximum absolute atomic E-state index is 11.9. The fourth-order valence-electron chi connectivity index (χ4n) is 2.81. The summed E-state index contributed by atoms with van der Waals surface area (Å²) in [5.41, 5.74) is 1.94. The predicted molar refractivity (Wildman–Crippen MR) is 102 cm³/mol. The van der Waals surface area contributed by atoms with Crippen LogP contribution < -0.4 is 20.9 Å². The van der Waals surface area contributed by atoms with Crippen LogP contribution in [0.2, 0.25) is 0 Å². The van der Waals surface area contributed by atoms with Gasteiger partial charge in [0, 0.05) is 31.0 Å². The van der Waals surface area contributed by atoms with Gasteiger partial charge in [0.15, 0.2) is 0 Å². The van der Waals surface area contributed by atoms with Crippen LogP contribution >= 0.6 is 0 Å². The molecule has 0 aromatic heterocycles. The van der Waals surface area contributed by atoms with Crippen LogP contribution in [-0.2, 0) is 4.79 Å². The molecule has 3 amide bonds. The van der Waals surface area contributed by atoms with E-state index in [0.29, 0.717) is 12.5 Å². The summed E-state index contributed by atoms with van der Waals surface area (Å²) in [4.78, 5) is 25.9. The van der Waals surface area contributed by atoms with E-state index in [1.54, 1.807) is 0 Å². The third-order valence-electron chi connectivity index (χ3n) is 4.29. The molecular weight excluding hydrogens is 316 g/mol. The molecule has 0 aliphatic carbocycles. The van der Waals surface area contributed by atoms with E-state index in [0.717, 1.165) is 25.2 Å². The molecule has 1 heterocycles. The van der Waals surface area contributed by atoms with Crippen molar-refractivity contribution in [2.45, 2.75) is 39.5 Å². The van der Waals surface area contributed by atoms with Crippen molar-refractivity contribution in [2.24, 2.45) is 5.92 Å². The van der Waals surface area contributed by atoms with Gasteiger partial charge in [-0.15, -0.1) is 0 Å². The van der Waals surface area contributed by atoms with Crippen molar-refractivity contribution in [3.63, 3.8) is 0 Å². The fraction of sp³-hybridized carbons (Fsp3) is 0.579. The van der Waals surface area contributed by atoms with Gasteiger partial charge in [-0.1, -0.05) is 13.8 Å². The number of nitrogens with one attached hydrogen (secondary N) is 3. The Labute approximate surface area is 150 Å². The Hall–Kier alpha value is -2.24. The normalized spacial score (nSPS) is 14.3. The van der Waals surface area contributed by atoms with Crippen LogP contribution in [0.15, 0.2) is 24.3 Å². The molecule has 1 aliphatic rings. The number of hydrogen-bond acceptors (Lipinski definition) is 3. The van der Waals surface area contributed by atoms with Crippen molar-refractivity contribution < 1.29 is 9.59 Å². The first-order valence-corrected chi connectivity index (χ1v) is 9.21. The SMILES string of the molecule is CC(C)CCNC(=O)NCC(=O)Nc1ccc(N2CCCCC2)cc1. The molecule has 6 nitrogen and oxygen atoms in total. The zero-order valence-corrected chi connectivity index (χ0v) is 15.3. The summed E-state index contributed by atoms with van der Waals surface area (Å²) < 4.78 is 0. The third-order valence-corrected chi connectivity index (χ3v) is 4.29. The average Bonchev–Trinajstić information content (AvgIpc) is 2.61. The standard InChI is InChI=1S/C19H30N4O2/c1-15(2)10-11-20-19(25)21-14-18(24)22-16-6-8-17(9-7-16)23-12-4-3-5-13-23/h6-9,15H,3-5,10-14H2,1-2H3,(H,22,24)(H2,20,21,25). The van der Waals surface area contributed by atoms with Gasteiger partial charge in [0.2, 0.25) is 5.91 Å². The van der Waals surface area contributed by atoms with Crippen molar-refractivity contribution in [3.05, 3.63) is 24.3 Å². The lowest BCUT2D eigenvalue weighted by atomic mass is 10.1. The second-order valence-electron chi connectivity index (χ2n) is 6.93. The minimum atomic E-state index is -0.309. The quantitative estimate of drug-likeness (QED) is 0.711. The van der Waals surface area contributed by atoms with E-state index in [1.165, 1.54) is 24.9 Å². The van der Waals surface area contributed by atoms with Gasteiger partial charge in [0.25, 0.3) is 0 Å². The molecule has 0 spiro atoms. The van der Waals surface area contributed by atoms with Gasteiger partial charge in [0.1, 0.15) is 0 Å². The first-order valence-electron chi connectivity index (χ1n) is 9.21. The predicted octanol–water partition coefficient (Wildman–Crippen LogP) is 2.96. The first kappa shape index (κ1) is 19.1. The highest BCUT2D eigenvalue weighted by atomic mass is 16.2. The molecule has 0 radical (unpaired) electrons. The number of urea groups is 1.